The second kappa shape index (κ2) is 4.52. The van der Waals surface area contributed by atoms with Gasteiger partial charge < -0.3 is 10.2 Å². The van der Waals surface area contributed by atoms with Gasteiger partial charge in [0, 0.05) is 19.5 Å². The average Bonchev–Trinajstić information content (AvgIpc) is 2.49. The molecule has 1 fully saturated rings. The molecule has 15 heavy (non-hydrogen) atoms. The highest BCUT2D eigenvalue weighted by atomic mass is 32.1. The van der Waals surface area contributed by atoms with Crippen molar-refractivity contribution in [3.63, 3.8) is 0 Å². The predicted octanol–water partition coefficient (Wildman–Crippen LogP) is -0.226. The van der Waals surface area contributed by atoms with E-state index in [-0.39, 0.29) is 0 Å². The quantitative estimate of drug-likeness (QED) is 0.733. The van der Waals surface area contributed by atoms with Crippen molar-refractivity contribution in [2.75, 3.05) is 13.1 Å². The normalized spacial score (nSPS) is 28.2. The number of rotatable bonds is 2. The lowest BCUT2D eigenvalue weighted by atomic mass is 10.1. The molecule has 2 rings (SSSR count). The molecule has 5 nitrogen and oxygen atoms in total. The summed E-state index contributed by atoms with van der Waals surface area (Å²) < 4.78 is 0. The van der Waals surface area contributed by atoms with E-state index < -0.39 is 12.2 Å². The summed E-state index contributed by atoms with van der Waals surface area (Å²) in [6.07, 6.45) is -0.378. The molecule has 1 aromatic heterocycles. The van der Waals surface area contributed by atoms with Gasteiger partial charge in [-0.05, 0) is 6.92 Å². The van der Waals surface area contributed by atoms with Gasteiger partial charge in [0.05, 0.1) is 18.8 Å². The van der Waals surface area contributed by atoms with Crippen LogP contribution in [-0.2, 0) is 6.54 Å². The van der Waals surface area contributed by atoms with E-state index in [1.165, 1.54) is 0 Å². The van der Waals surface area contributed by atoms with Crippen LogP contribution in [0.4, 0.5) is 0 Å². The molecule has 84 valence electrons. The Hall–Kier alpha value is -0.560. The molecule has 1 aliphatic rings. The molecule has 1 aliphatic heterocycles. The van der Waals surface area contributed by atoms with Gasteiger partial charge in [0.1, 0.15) is 10.0 Å². The van der Waals surface area contributed by atoms with Crippen LogP contribution in [0.2, 0.25) is 0 Å². The molecular formula is C9H15N3O2S. The van der Waals surface area contributed by atoms with Gasteiger partial charge in [0.15, 0.2) is 0 Å². The molecule has 0 amide bonds. The molecular weight excluding hydrogens is 214 g/mol. The molecule has 0 bridgehead atoms. The Balaban J connectivity index is 1.94. The van der Waals surface area contributed by atoms with Crippen LogP contribution in [0.1, 0.15) is 16.4 Å². The zero-order chi connectivity index (χ0) is 10.8. The van der Waals surface area contributed by atoms with E-state index in [1.54, 1.807) is 11.3 Å². The van der Waals surface area contributed by atoms with Crippen molar-refractivity contribution in [2.24, 2.45) is 0 Å². The van der Waals surface area contributed by atoms with E-state index in [9.17, 15) is 10.2 Å². The predicted molar refractivity (Wildman–Crippen MR) is 56.6 cm³/mol. The molecule has 0 aromatic carbocycles. The Bertz CT molecular complexity index is 321. The third-order valence-corrected chi connectivity index (χ3v) is 3.23. The summed E-state index contributed by atoms with van der Waals surface area (Å²) in [5.41, 5.74) is 0. The molecule has 0 saturated carbocycles. The standard InChI is InChI=1S/C9H15N3O2S/c1-6-10-11-9(15-6)5-12-3-7(13)2-8(14)4-12/h7-8,13-14H,2-5H2,1H3/t7-,8-/m1/s1. The van der Waals surface area contributed by atoms with E-state index in [4.69, 9.17) is 0 Å². The topological polar surface area (TPSA) is 69.5 Å². The van der Waals surface area contributed by atoms with Gasteiger partial charge in [-0.2, -0.15) is 0 Å². The van der Waals surface area contributed by atoms with Crippen LogP contribution in [0.15, 0.2) is 0 Å². The van der Waals surface area contributed by atoms with Crippen molar-refractivity contribution in [3.05, 3.63) is 10.0 Å². The lowest BCUT2D eigenvalue weighted by molar-refractivity contribution is -0.0111. The second-order valence-corrected chi connectivity index (χ2v) is 5.22. The van der Waals surface area contributed by atoms with Crippen molar-refractivity contribution >= 4 is 11.3 Å². The Morgan fingerprint density at radius 3 is 2.53 bits per heavy atom. The van der Waals surface area contributed by atoms with Crippen molar-refractivity contribution in [2.45, 2.75) is 32.1 Å². The number of piperidine rings is 1. The number of aliphatic hydroxyl groups excluding tert-OH is 2. The van der Waals surface area contributed by atoms with Crippen LogP contribution in [0.25, 0.3) is 0 Å². The first-order valence-corrected chi connectivity index (χ1v) is 5.82. The van der Waals surface area contributed by atoms with Gasteiger partial charge in [0.2, 0.25) is 0 Å². The summed E-state index contributed by atoms with van der Waals surface area (Å²) in [5, 5.41) is 28.8. The van der Waals surface area contributed by atoms with Crippen LogP contribution in [0, 0.1) is 6.92 Å². The van der Waals surface area contributed by atoms with E-state index in [2.05, 4.69) is 10.2 Å². The number of β-amino-alcohol motifs (C(OH)–C–C–N with tert-alkyl or cyclic N) is 2. The molecule has 1 saturated heterocycles. The summed E-state index contributed by atoms with van der Waals surface area (Å²) in [7, 11) is 0. The fraction of sp³-hybridized carbons (Fsp3) is 0.778. The number of aromatic nitrogens is 2. The zero-order valence-electron chi connectivity index (χ0n) is 8.63. The van der Waals surface area contributed by atoms with E-state index in [0.29, 0.717) is 26.1 Å². The number of aryl methyl sites for hydroxylation is 1. The number of hydrogen-bond donors (Lipinski definition) is 2. The van der Waals surface area contributed by atoms with Crippen molar-refractivity contribution in [1.29, 1.82) is 0 Å². The molecule has 6 heteroatoms. The Morgan fingerprint density at radius 1 is 1.33 bits per heavy atom. The number of aliphatic hydroxyl groups is 2. The van der Waals surface area contributed by atoms with Crippen LogP contribution < -0.4 is 0 Å². The summed E-state index contributed by atoms with van der Waals surface area (Å²) in [4.78, 5) is 2.01. The molecule has 0 aliphatic carbocycles. The van der Waals surface area contributed by atoms with Gasteiger partial charge in [0.25, 0.3) is 0 Å². The maximum absolute atomic E-state index is 9.50. The summed E-state index contributed by atoms with van der Waals surface area (Å²) >= 11 is 1.56. The first kappa shape index (κ1) is 10.9. The van der Waals surface area contributed by atoms with Crippen molar-refractivity contribution in [3.8, 4) is 0 Å². The fourth-order valence-corrected chi connectivity index (χ4v) is 2.61. The van der Waals surface area contributed by atoms with Crippen LogP contribution in [-0.4, -0.2) is 50.6 Å². The minimum absolute atomic E-state index is 0.428. The van der Waals surface area contributed by atoms with Crippen LogP contribution in [0.3, 0.4) is 0 Å². The summed E-state index contributed by atoms with van der Waals surface area (Å²) in [5.74, 6) is 0. The zero-order valence-corrected chi connectivity index (χ0v) is 9.44. The number of nitrogens with zero attached hydrogens (tertiary/aromatic N) is 3. The Labute approximate surface area is 92.4 Å². The highest BCUT2D eigenvalue weighted by molar-refractivity contribution is 7.11. The Morgan fingerprint density at radius 2 is 2.00 bits per heavy atom. The molecule has 2 N–H and O–H groups in total. The molecule has 2 heterocycles. The minimum atomic E-state index is -0.428. The van der Waals surface area contributed by atoms with Gasteiger partial charge in [-0.1, -0.05) is 0 Å². The van der Waals surface area contributed by atoms with Gasteiger partial charge >= 0.3 is 0 Å². The molecule has 0 spiro atoms. The van der Waals surface area contributed by atoms with Gasteiger partial charge in [-0.15, -0.1) is 21.5 Å². The molecule has 1 aromatic rings. The van der Waals surface area contributed by atoms with Crippen LogP contribution >= 0.6 is 11.3 Å². The first-order chi connectivity index (χ1) is 7.13. The minimum Gasteiger partial charge on any atom is -0.392 e. The third-order valence-electron chi connectivity index (χ3n) is 2.41. The highest BCUT2D eigenvalue weighted by Gasteiger charge is 2.24. The van der Waals surface area contributed by atoms with Gasteiger partial charge in [-0.25, -0.2) is 0 Å². The smallest absolute Gasteiger partial charge is 0.131 e. The number of hydrogen-bond acceptors (Lipinski definition) is 6. The molecule has 0 unspecified atom stereocenters. The van der Waals surface area contributed by atoms with Crippen LogP contribution in [0.5, 0.6) is 0 Å². The summed E-state index contributed by atoms with van der Waals surface area (Å²) in [6, 6.07) is 0. The molecule has 2 atom stereocenters. The highest BCUT2D eigenvalue weighted by Crippen LogP contribution is 2.16. The maximum atomic E-state index is 9.50. The lowest BCUT2D eigenvalue weighted by Crippen LogP contribution is -2.45. The third kappa shape index (κ3) is 2.94. The average molecular weight is 229 g/mol. The maximum Gasteiger partial charge on any atom is 0.131 e. The van der Waals surface area contributed by atoms with Crippen molar-refractivity contribution in [1.82, 2.24) is 15.1 Å². The monoisotopic (exact) mass is 229 g/mol. The van der Waals surface area contributed by atoms with Gasteiger partial charge in [-0.3, -0.25) is 4.90 Å². The fourth-order valence-electron chi connectivity index (χ4n) is 1.86. The van der Waals surface area contributed by atoms with E-state index >= 15 is 0 Å². The van der Waals surface area contributed by atoms with E-state index in [0.717, 1.165) is 10.0 Å². The molecule has 0 radical (unpaired) electrons. The largest absolute Gasteiger partial charge is 0.392 e. The first-order valence-electron chi connectivity index (χ1n) is 5.01. The lowest BCUT2D eigenvalue weighted by Gasteiger charge is -2.32. The Kier molecular flexibility index (Phi) is 3.30. The summed E-state index contributed by atoms with van der Waals surface area (Å²) in [6.45, 7) is 3.80. The number of likely N-dealkylation sites (tertiary alicyclic amines) is 1. The van der Waals surface area contributed by atoms with Crippen molar-refractivity contribution < 1.29 is 10.2 Å². The SMILES string of the molecule is Cc1nnc(CN2C[C@H](O)C[C@@H](O)C2)s1. The van der Waals surface area contributed by atoms with E-state index in [1.807, 2.05) is 11.8 Å². The second-order valence-electron chi connectivity index (χ2n) is 3.95.